The molecule has 0 bridgehead atoms. The first-order chi connectivity index (χ1) is 8.47. The molecule has 1 saturated heterocycles. The molecule has 5 nitrogen and oxygen atoms in total. The van der Waals surface area contributed by atoms with Crippen LogP contribution >= 0.6 is 11.8 Å². The number of anilines is 1. The van der Waals surface area contributed by atoms with Crippen molar-refractivity contribution in [1.29, 1.82) is 0 Å². The summed E-state index contributed by atoms with van der Waals surface area (Å²) in [7, 11) is -3.74. The molecule has 100 valence electrons. The van der Waals surface area contributed by atoms with Gasteiger partial charge in [-0.15, -0.1) is 11.8 Å². The first-order valence-electron chi connectivity index (χ1n) is 5.63. The zero-order valence-corrected chi connectivity index (χ0v) is 11.5. The summed E-state index contributed by atoms with van der Waals surface area (Å²) in [4.78, 5) is 0.715. The molecule has 1 aliphatic rings. The van der Waals surface area contributed by atoms with Gasteiger partial charge in [-0.05, 0) is 31.0 Å². The number of rotatable bonds is 4. The maximum Gasteiger partial charge on any atom is 0.239 e. The Labute approximate surface area is 111 Å². The summed E-state index contributed by atoms with van der Waals surface area (Å²) in [5.74, 6) is 0.729. The maximum absolute atomic E-state index is 11.5. The Hall–Kier alpha value is -0.760. The fourth-order valence-electron chi connectivity index (χ4n) is 1.82. The van der Waals surface area contributed by atoms with E-state index >= 15 is 0 Å². The smallest absolute Gasteiger partial charge is 0.239 e. The second kappa shape index (κ2) is 5.48. The van der Waals surface area contributed by atoms with Gasteiger partial charge in [0.05, 0.1) is 11.0 Å². The molecule has 1 fully saturated rings. The van der Waals surface area contributed by atoms with E-state index in [1.807, 2.05) is 0 Å². The summed E-state index contributed by atoms with van der Waals surface area (Å²) >= 11 is 1.44. The number of thioether (sulfide) groups is 1. The molecular weight excluding hydrogens is 272 g/mol. The van der Waals surface area contributed by atoms with Gasteiger partial charge in [0.1, 0.15) is 0 Å². The average Bonchev–Trinajstić information content (AvgIpc) is 2.79. The monoisotopic (exact) mass is 288 g/mol. The van der Waals surface area contributed by atoms with Gasteiger partial charge in [0.15, 0.2) is 0 Å². The zero-order valence-electron chi connectivity index (χ0n) is 9.83. The summed E-state index contributed by atoms with van der Waals surface area (Å²) in [5, 5.41) is 5.18. The van der Waals surface area contributed by atoms with Crippen molar-refractivity contribution in [2.75, 3.05) is 18.1 Å². The lowest BCUT2D eigenvalue weighted by atomic mass is 10.3. The van der Waals surface area contributed by atoms with Crippen molar-refractivity contribution in [3.63, 3.8) is 0 Å². The fourth-order valence-corrected chi connectivity index (χ4v) is 3.99. The van der Waals surface area contributed by atoms with Crippen LogP contribution in [0.5, 0.6) is 0 Å². The second-order valence-corrected chi connectivity index (χ2v) is 6.79. The maximum atomic E-state index is 11.5. The summed E-state index contributed by atoms with van der Waals surface area (Å²) in [6, 6.07) is 4.76. The lowest BCUT2D eigenvalue weighted by Crippen LogP contribution is -2.14. The van der Waals surface area contributed by atoms with Gasteiger partial charge in [0.2, 0.25) is 10.0 Å². The summed E-state index contributed by atoms with van der Waals surface area (Å²) in [6.45, 7) is 0.787. The number of nitrogens with two attached hydrogens (primary N) is 2. The number of benzene rings is 1. The largest absolute Gasteiger partial charge is 0.399 e. The lowest BCUT2D eigenvalue weighted by Gasteiger charge is -2.11. The SMILES string of the molecule is Nc1ccc(SCC2CCCO2)c(S(N)(=O)=O)c1. The van der Waals surface area contributed by atoms with Crippen molar-refractivity contribution < 1.29 is 13.2 Å². The molecule has 0 radical (unpaired) electrons. The predicted molar refractivity (Wildman–Crippen MR) is 71.9 cm³/mol. The highest BCUT2D eigenvalue weighted by Gasteiger charge is 2.19. The van der Waals surface area contributed by atoms with E-state index in [9.17, 15) is 8.42 Å². The Morgan fingerprint density at radius 3 is 2.83 bits per heavy atom. The summed E-state index contributed by atoms with van der Waals surface area (Å²) in [5.41, 5.74) is 5.98. The minimum Gasteiger partial charge on any atom is -0.399 e. The molecule has 0 saturated carbocycles. The third kappa shape index (κ3) is 3.38. The normalized spacial score (nSPS) is 20.2. The highest BCUT2D eigenvalue weighted by atomic mass is 32.2. The Bertz CT molecular complexity index is 525. The van der Waals surface area contributed by atoms with Crippen LogP contribution < -0.4 is 10.9 Å². The first kappa shape index (κ1) is 13.7. The Morgan fingerprint density at radius 1 is 1.44 bits per heavy atom. The van der Waals surface area contributed by atoms with E-state index in [0.717, 1.165) is 25.2 Å². The van der Waals surface area contributed by atoms with Gasteiger partial charge in [-0.3, -0.25) is 0 Å². The molecule has 1 aliphatic heterocycles. The van der Waals surface area contributed by atoms with Crippen LogP contribution in [0.25, 0.3) is 0 Å². The number of hydrogen-bond donors (Lipinski definition) is 2. The van der Waals surface area contributed by atoms with Crippen molar-refractivity contribution >= 4 is 27.5 Å². The topological polar surface area (TPSA) is 95.4 Å². The van der Waals surface area contributed by atoms with Crippen LogP contribution in [0, 0.1) is 0 Å². The van der Waals surface area contributed by atoms with Crippen LogP contribution in [-0.4, -0.2) is 26.9 Å². The van der Waals surface area contributed by atoms with Crippen LogP contribution in [-0.2, 0) is 14.8 Å². The number of primary sulfonamides is 1. The Morgan fingerprint density at radius 2 is 2.22 bits per heavy atom. The van der Waals surface area contributed by atoms with Crippen molar-refractivity contribution in [2.24, 2.45) is 5.14 Å². The molecule has 1 atom stereocenters. The molecule has 7 heteroatoms. The van der Waals surface area contributed by atoms with E-state index in [2.05, 4.69) is 0 Å². The molecule has 0 aliphatic carbocycles. The van der Waals surface area contributed by atoms with Gasteiger partial charge in [-0.25, -0.2) is 13.6 Å². The highest BCUT2D eigenvalue weighted by Crippen LogP contribution is 2.30. The minimum absolute atomic E-state index is 0.0884. The molecule has 0 amide bonds. The van der Waals surface area contributed by atoms with Gasteiger partial charge in [0, 0.05) is 22.9 Å². The van der Waals surface area contributed by atoms with Crippen LogP contribution in [0.2, 0.25) is 0 Å². The van der Waals surface area contributed by atoms with Gasteiger partial charge in [-0.2, -0.15) is 0 Å². The third-order valence-corrected chi connectivity index (χ3v) is 5.01. The van der Waals surface area contributed by atoms with Gasteiger partial charge >= 0.3 is 0 Å². The van der Waals surface area contributed by atoms with Gasteiger partial charge in [-0.1, -0.05) is 0 Å². The molecule has 1 heterocycles. The zero-order chi connectivity index (χ0) is 13.2. The Kier molecular flexibility index (Phi) is 4.16. The van der Waals surface area contributed by atoms with Gasteiger partial charge in [0.25, 0.3) is 0 Å². The second-order valence-electron chi connectivity index (χ2n) is 4.20. The molecular formula is C11H16N2O3S2. The van der Waals surface area contributed by atoms with Crippen molar-refractivity contribution in [3.8, 4) is 0 Å². The molecule has 4 N–H and O–H groups in total. The predicted octanol–water partition coefficient (Wildman–Crippen LogP) is 1.19. The highest BCUT2D eigenvalue weighted by molar-refractivity contribution is 8.00. The summed E-state index contributed by atoms with van der Waals surface area (Å²) < 4.78 is 28.5. The van der Waals surface area contributed by atoms with Crippen molar-refractivity contribution in [1.82, 2.24) is 0 Å². The van der Waals surface area contributed by atoms with Crippen LogP contribution in [0.15, 0.2) is 28.0 Å². The number of hydrogen-bond acceptors (Lipinski definition) is 5. The molecule has 2 rings (SSSR count). The Balaban J connectivity index is 2.16. The molecule has 0 aromatic heterocycles. The number of ether oxygens (including phenoxy) is 1. The van der Waals surface area contributed by atoms with E-state index in [1.54, 1.807) is 12.1 Å². The van der Waals surface area contributed by atoms with E-state index in [-0.39, 0.29) is 11.0 Å². The number of sulfonamides is 1. The molecule has 18 heavy (non-hydrogen) atoms. The molecule has 1 unspecified atom stereocenters. The summed E-state index contributed by atoms with van der Waals surface area (Å²) in [6.07, 6.45) is 2.28. The quantitative estimate of drug-likeness (QED) is 0.641. The minimum atomic E-state index is -3.74. The van der Waals surface area contributed by atoms with E-state index in [0.29, 0.717) is 10.6 Å². The van der Waals surface area contributed by atoms with E-state index in [1.165, 1.54) is 17.8 Å². The van der Waals surface area contributed by atoms with E-state index < -0.39 is 10.0 Å². The first-order valence-corrected chi connectivity index (χ1v) is 8.17. The average molecular weight is 288 g/mol. The van der Waals surface area contributed by atoms with Crippen LogP contribution in [0.3, 0.4) is 0 Å². The van der Waals surface area contributed by atoms with E-state index in [4.69, 9.17) is 15.6 Å². The van der Waals surface area contributed by atoms with Crippen molar-refractivity contribution in [2.45, 2.75) is 28.7 Å². The van der Waals surface area contributed by atoms with Gasteiger partial charge < -0.3 is 10.5 Å². The number of nitrogen functional groups attached to an aromatic ring is 1. The fraction of sp³-hybridized carbons (Fsp3) is 0.455. The standard InChI is InChI=1S/C11H16N2O3S2/c12-8-3-4-10(11(6-8)18(13,14)15)17-7-9-2-1-5-16-9/h3-4,6,9H,1-2,5,7,12H2,(H2,13,14,15). The lowest BCUT2D eigenvalue weighted by molar-refractivity contribution is 0.129. The van der Waals surface area contributed by atoms with Crippen LogP contribution in [0.1, 0.15) is 12.8 Å². The third-order valence-electron chi connectivity index (χ3n) is 2.72. The van der Waals surface area contributed by atoms with Crippen molar-refractivity contribution in [3.05, 3.63) is 18.2 Å². The molecule has 1 aromatic carbocycles. The molecule has 1 aromatic rings. The van der Waals surface area contributed by atoms with Crippen LogP contribution in [0.4, 0.5) is 5.69 Å². The molecule has 0 spiro atoms.